The maximum absolute atomic E-state index is 13.2. The Balaban J connectivity index is 1.85. The monoisotopic (exact) mass is 448 g/mol. The Morgan fingerprint density at radius 3 is 2.03 bits per heavy atom. The molecule has 0 atom stereocenters. The Labute approximate surface area is 178 Å². The summed E-state index contributed by atoms with van der Waals surface area (Å²) in [4.78, 5) is 12.6. The minimum atomic E-state index is -4.49. The second-order valence-corrected chi connectivity index (χ2v) is 8.65. The summed E-state index contributed by atoms with van der Waals surface area (Å²) in [6, 6.07) is 18.2. The van der Waals surface area contributed by atoms with Gasteiger partial charge < -0.3 is 5.32 Å². The number of rotatable bonds is 6. The number of halogens is 3. The predicted octanol–water partition coefficient (Wildman–Crippen LogP) is 4.85. The number of amides is 1. The third kappa shape index (κ3) is 5.43. The minimum Gasteiger partial charge on any atom is -0.325 e. The predicted molar refractivity (Wildman–Crippen MR) is 112 cm³/mol. The van der Waals surface area contributed by atoms with Crippen molar-refractivity contribution < 1.29 is 26.4 Å². The van der Waals surface area contributed by atoms with Gasteiger partial charge in [0.25, 0.3) is 10.0 Å². The number of hydrogen-bond donors (Lipinski definition) is 1. The largest absolute Gasteiger partial charge is 0.416 e. The summed E-state index contributed by atoms with van der Waals surface area (Å²) < 4.78 is 65.5. The molecule has 0 saturated carbocycles. The van der Waals surface area contributed by atoms with Gasteiger partial charge in [-0.25, -0.2) is 8.42 Å². The number of hydrogen-bond acceptors (Lipinski definition) is 3. The normalized spacial score (nSPS) is 11.7. The third-order valence-electron chi connectivity index (χ3n) is 4.44. The molecule has 1 amide bonds. The first-order valence-electron chi connectivity index (χ1n) is 9.19. The van der Waals surface area contributed by atoms with Crippen molar-refractivity contribution in [2.75, 3.05) is 16.2 Å². The smallest absolute Gasteiger partial charge is 0.325 e. The number of aryl methyl sites for hydroxylation is 1. The van der Waals surface area contributed by atoms with Gasteiger partial charge in [0.15, 0.2) is 0 Å². The lowest BCUT2D eigenvalue weighted by atomic mass is 10.2. The van der Waals surface area contributed by atoms with E-state index in [4.69, 9.17) is 0 Å². The fraction of sp³-hybridized carbons (Fsp3) is 0.136. The molecule has 5 nitrogen and oxygen atoms in total. The third-order valence-corrected chi connectivity index (χ3v) is 6.22. The molecular formula is C22H19F3N2O3S. The molecule has 0 saturated heterocycles. The second-order valence-electron chi connectivity index (χ2n) is 6.78. The van der Waals surface area contributed by atoms with E-state index < -0.39 is 34.2 Å². The Bertz CT molecular complexity index is 1150. The van der Waals surface area contributed by atoms with E-state index in [9.17, 15) is 26.4 Å². The highest BCUT2D eigenvalue weighted by Crippen LogP contribution is 2.30. The molecule has 0 aliphatic carbocycles. The van der Waals surface area contributed by atoms with Crippen molar-refractivity contribution in [2.24, 2.45) is 0 Å². The molecule has 31 heavy (non-hydrogen) atoms. The van der Waals surface area contributed by atoms with E-state index in [0.29, 0.717) is 0 Å². The van der Waals surface area contributed by atoms with Gasteiger partial charge in [0.1, 0.15) is 6.54 Å². The van der Waals surface area contributed by atoms with Crippen molar-refractivity contribution in [3.63, 3.8) is 0 Å². The van der Waals surface area contributed by atoms with Gasteiger partial charge in [0, 0.05) is 5.69 Å². The van der Waals surface area contributed by atoms with Crippen LogP contribution in [-0.2, 0) is 21.0 Å². The number of benzene rings is 3. The number of carbonyl (C=O) groups excluding carboxylic acids is 1. The van der Waals surface area contributed by atoms with Crippen LogP contribution in [0.25, 0.3) is 0 Å². The summed E-state index contributed by atoms with van der Waals surface area (Å²) >= 11 is 0. The summed E-state index contributed by atoms with van der Waals surface area (Å²) in [5.41, 5.74) is 0.438. The van der Waals surface area contributed by atoms with Gasteiger partial charge in [-0.2, -0.15) is 13.2 Å². The number of sulfonamides is 1. The summed E-state index contributed by atoms with van der Waals surface area (Å²) in [6.07, 6.45) is -4.49. The van der Waals surface area contributed by atoms with Crippen LogP contribution in [0.15, 0.2) is 83.8 Å². The molecule has 9 heteroatoms. The fourth-order valence-electron chi connectivity index (χ4n) is 2.82. The van der Waals surface area contributed by atoms with E-state index in [-0.39, 0.29) is 16.3 Å². The molecule has 0 aliphatic heterocycles. The summed E-state index contributed by atoms with van der Waals surface area (Å²) in [7, 11) is -4.06. The van der Waals surface area contributed by atoms with Crippen molar-refractivity contribution in [2.45, 2.75) is 18.0 Å². The van der Waals surface area contributed by atoms with Crippen LogP contribution in [0, 0.1) is 6.92 Å². The fourth-order valence-corrected chi connectivity index (χ4v) is 4.24. The zero-order chi connectivity index (χ0) is 22.6. The van der Waals surface area contributed by atoms with Crippen molar-refractivity contribution in [3.05, 3.63) is 90.0 Å². The molecule has 3 aromatic carbocycles. The Hall–Kier alpha value is -3.33. The zero-order valence-corrected chi connectivity index (χ0v) is 17.2. The molecular weight excluding hydrogens is 429 g/mol. The highest BCUT2D eigenvalue weighted by molar-refractivity contribution is 7.92. The van der Waals surface area contributed by atoms with E-state index in [1.807, 2.05) is 6.92 Å². The average molecular weight is 448 g/mol. The molecule has 0 fully saturated rings. The maximum Gasteiger partial charge on any atom is 0.416 e. The highest BCUT2D eigenvalue weighted by Gasteiger charge is 2.30. The van der Waals surface area contributed by atoms with Crippen LogP contribution >= 0.6 is 0 Å². The minimum absolute atomic E-state index is 0.0179. The molecule has 3 aromatic rings. The molecule has 0 unspecified atom stereocenters. The lowest BCUT2D eigenvalue weighted by Crippen LogP contribution is -2.38. The summed E-state index contributed by atoms with van der Waals surface area (Å²) in [6.45, 7) is 1.27. The van der Waals surface area contributed by atoms with Crippen LogP contribution in [0.2, 0.25) is 0 Å². The van der Waals surface area contributed by atoms with E-state index in [1.54, 1.807) is 42.5 Å². The quantitative estimate of drug-likeness (QED) is 0.586. The van der Waals surface area contributed by atoms with Crippen molar-refractivity contribution in [1.82, 2.24) is 0 Å². The lowest BCUT2D eigenvalue weighted by Gasteiger charge is -2.24. The Morgan fingerprint density at radius 1 is 0.903 bits per heavy atom. The average Bonchev–Trinajstić information content (AvgIpc) is 2.72. The topological polar surface area (TPSA) is 66.5 Å². The van der Waals surface area contributed by atoms with Crippen LogP contribution in [0.4, 0.5) is 24.5 Å². The maximum atomic E-state index is 13.2. The molecule has 162 valence electrons. The van der Waals surface area contributed by atoms with Gasteiger partial charge in [-0.15, -0.1) is 0 Å². The van der Waals surface area contributed by atoms with Crippen molar-refractivity contribution in [1.29, 1.82) is 0 Å². The summed E-state index contributed by atoms with van der Waals surface area (Å²) in [5.74, 6) is -0.695. The van der Waals surface area contributed by atoms with E-state index in [0.717, 1.165) is 34.1 Å². The van der Waals surface area contributed by atoms with Gasteiger partial charge in [0.2, 0.25) is 5.91 Å². The first-order valence-corrected chi connectivity index (χ1v) is 10.6. The number of anilines is 2. The molecule has 0 heterocycles. The van der Waals surface area contributed by atoms with Crippen LogP contribution < -0.4 is 9.62 Å². The number of carbonyl (C=O) groups is 1. The molecule has 0 aliphatic rings. The summed E-state index contributed by atoms with van der Waals surface area (Å²) in [5, 5.41) is 2.44. The van der Waals surface area contributed by atoms with Gasteiger partial charge in [0.05, 0.1) is 16.1 Å². The van der Waals surface area contributed by atoms with Gasteiger partial charge in [-0.05, 0) is 55.5 Å². The first kappa shape index (κ1) is 22.4. The molecule has 0 radical (unpaired) electrons. The first-order chi connectivity index (χ1) is 14.6. The van der Waals surface area contributed by atoms with E-state index in [2.05, 4.69) is 5.32 Å². The van der Waals surface area contributed by atoms with Crippen molar-refractivity contribution >= 4 is 27.3 Å². The van der Waals surface area contributed by atoms with Crippen molar-refractivity contribution in [3.8, 4) is 0 Å². The van der Waals surface area contributed by atoms with E-state index >= 15 is 0 Å². The van der Waals surface area contributed by atoms with Gasteiger partial charge >= 0.3 is 6.18 Å². The number of nitrogens with one attached hydrogen (secondary N) is 1. The molecule has 0 aromatic heterocycles. The van der Waals surface area contributed by atoms with Crippen LogP contribution in [0.5, 0.6) is 0 Å². The van der Waals surface area contributed by atoms with Gasteiger partial charge in [-0.1, -0.05) is 35.9 Å². The van der Waals surface area contributed by atoms with Gasteiger partial charge in [-0.3, -0.25) is 9.10 Å². The highest BCUT2D eigenvalue weighted by atomic mass is 32.2. The molecule has 0 spiro atoms. The van der Waals surface area contributed by atoms with Crippen LogP contribution in [-0.4, -0.2) is 20.9 Å². The standard InChI is InChI=1S/C22H19F3N2O3S/c1-16-7-13-20(14-8-16)31(29,30)27(19-5-3-2-4-6-19)15-21(28)26-18-11-9-17(10-12-18)22(23,24)25/h2-14H,15H2,1H3,(H,26,28). The number of alkyl halides is 3. The van der Waals surface area contributed by atoms with Crippen LogP contribution in [0.3, 0.4) is 0 Å². The SMILES string of the molecule is Cc1ccc(S(=O)(=O)N(CC(=O)Nc2ccc(C(F)(F)F)cc2)c2ccccc2)cc1. The number of nitrogens with zero attached hydrogens (tertiary/aromatic N) is 1. The lowest BCUT2D eigenvalue weighted by molar-refractivity contribution is -0.137. The Kier molecular flexibility index (Phi) is 6.35. The zero-order valence-electron chi connectivity index (χ0n) is 16.4. The molecule has 0 bridgehead atoms. The Morgan fingerprint density at radius 2 is 1.48 bits per heavy atom. The molecule has 3 rings (SSSR count). The number of para-hydroxylation sites is 1. The second kappa shape index (κ2) is 8.81. The molecule has 1 N–H and O–H groups in total. The van der Waals surface area contributed by atoms with E-state index in [1.165, 1.54) is 12.1 Å². The van der Waals surface area contributed by atoms with Crippen LogP contribution in [0.1, 0.15) is 11.1 Å².